The summed E-state index contributed by atoms with van der Waals surface area (Å²) in [6.45, 7) is 5.03. The van der Waals surface area contributed by atoms with Crippen molar-refractivity contribution >= 4 is 17.4 Å². The number of benzene rings is 1. The van der Waals surface area contributed by atoms with Crippen molar-refractivity contribution in [1.29, 1.82) is 0 Å². The molecule has 0 saturated heterocycles. The van der Waals surface area contributed by atoms with Gasteiger partial charge in [-0.25, -0.2) is 0 Å². The van der Waals surface area contributed by atoms with Gasteiger partial charge in [-0.05, 0) is 25.0 Å². The van der Waals surface area contributed by atoms with Gasteiger partial charge in [0.25, 0.3) is 0 Å². The van der Waals surface area contributed by atoms with Gasteiger partial charge in [0.15, 0.2) is 5.78 Å². The number of carbonyl (C=O) groups excluding carboxylic acids is 2. The highest BCUT2D eigenvalue weighted by atomic mass is 16.5. The fraction of sp³-hybridized carbons (Fsp3) is 0.500. The minimum Gasteiger partial charge on any atom is -0.492 e. The highest BCUT2D eigenvalue weighted by Gasteiger charge is 2.22. The zero-order chi connectivity index (χ0) is 15.4. The van der Waals surface area contributed by atoms with Crippen LogP contribution in [0, 0.1) is 6.92 Å². The SMILES string of the molecule is COCCCN(C(C)=O)c1cc2c(cc1C)C(=O)CCO2. The van der Waals surface area contributed by atoms with Crippen LogP contribution in [-0.2, 0) is 9.53 Å². The zero-order valence-corrected chi connectivity index (χ0v) is 12.8. The number of hydrogen-bond acceptors (Lipinski definition) is 4. The van der Waals surface area contributed by atoms with Crippen molar-refractivity contribution < 1.29 is 19.1 Å². The second kappa shape index (κ2) is 6.72. The molecule has 0 atom stereocenters. The van der Waals surface area contributed by atoms with Gasteiger partial charge in [-0.3, -0.25) is 9.59 Å². The molecule has 0 bridgehead atoms. The number of nitrogens with zero attached hydrogens (tertiary/aromatic N) is 1. The molecule has 1 aliphatic heterocycles. The van der Waals surface area contributed by atoms with Crippen molar-refractivity contribution in [3.8, 4) is 5.75 Å². The third-order valence-electron chi connectivity index (χ3n) is 3.59. The Bertz CT molecular complexity index is 553. The number of Topliss-reactive ketones (excluding diaryl/α,β-unsaturated/α-hetero) is 1. The van der Waals surface area contributed by atoms with Crippen molar-refractivity contribution in [3.05, 3.63) is 23.3 Å². The van der Waals surface area contributed by atoms with Gasteiger partial charge in [-0.15, -0.1) is 0 Å². The Morgan fingerprint density at radius 3 is 2.86 bits per heavy atom. The predicted molar refractivity (Wildman–Crippen MR) is 80.1 cm³/mol. The first-order valence-electron chi connectivity index (χ1n) is 7.12. The lowest BCUT2D eigenvalue weighted by Gasteiger charge is -2.26. The molecule has 0 unspecified atom stereocenters. The maximum Gasteiger partial charge on any atom is 0.223 e. The van der Waals surface area contributed by atoms with E-state index < -0.39 is 0 Å². The van der Waals surface area contributed by atoms with Gasteiger partial charge < -0.3 is 14.4 Å². The van der Waals surface area contributed by atoms with Gasteiger partial charge in [0, 0.05) is 39.7 Å². The van der Waals surface area contributed by atoms with E-state index in [0.717, 1.165) is 17.7 Å². The van der Waals surface area contributed by atoms with E-state index in [0.29, 0.717) is 37.5 Å². The molecule has 114 valence electrons. The molecule has 1 aliphatic rings. The molecule has 21 heavy (non-hydrogen) atoms. The van der Waals surface area contributed by atoms with E-state index >= 15 is 0 Å². The Labute approximate surface area is 124 Å². The van der Waals surface area contributed by atoms with E-state index in [4.69, 9.17) is 9.47 Å². The molecule has 0 N–H and O–H groups in total. The summed E-state index contributed by atoms with van der Waals surface area (Å²) in [6, 6.07) is 3.62. The van der Waals surface area contributed by atoms with E-state index in [1.54, 1.807) is 18.1 Å². The third-order valence-corrected chi connectivity index (χ3v) is 3.59. The van der Waals surface area contributed by atoms with Crippen molar-refractivity contribution in [2.24, 2.45) is 0 Å². The van der Waals surface area contributed by atoms with Gasteiger partial charge >= 0.3 is 0 Å². The fourth-order valence-electron chi connectivity index (χ4n) is 2.51. The van der Waals surface area contributed by atoms with Gasteiger partial charge in [-0.1, -0.05) is 0 Å². The molecule has 1 aromatic carbocycles. The largest absolute Gasteiger partial charge is 0.492 e. The number of fused-ring (bicyclic) bond motifs is 1. The Balaban J connectivity index is 2.32. The summed E-state index contributed by atoms with van der Waals surface area (Å²) in [5.74, 6) is 0.640. The summed E-state index contributed by atoms with van der Waals surface area (Å²) in [4.78, 5) is 25.5. The minimum atomic E-state index is -0.0312. The molecule has 1 heterocycles. The van der Waals surface area contributed by atoms with E-state index in [2.05, 4.69) is 0 Å². The fourth-order valence-corrected chi connectivity index (χ4v) is 2.51. The van der Waals surface area contributed by atoms with Crippen LogP contribution in [0.25, 0.3) is 0 Å². The highest BCUT2D eigenvalue weighted by Crippen LogP contribution is 2.33. The topological polar surface area (TPSA) is 55.8 Å². The lowest BCUT2D eigenvalue weighted by molar-refractivity contribution is -0.116. The van der Waals surface area contributed by atoms with E-state index in [-0.39, 0.29) is 11.7 Å². The summed E-state index contributed by atoms with van der Waals surface area (Å²) in [7, 11) is 1.64. The normalized spacial score (nSPS) is 13.6. The predicted octanol–water partition coefficient (Wildman–Crippen LogP) is 2.35. The van der Waals surface area contributed by atoms with Crippen LogP contribution < -0.4 is 9.64 Å². The Hall–Kier alpha value is -1.88. The molecule has 0 spiro atoms. The average molecular weight is 291 g/mol. The molecule has 5 nitrogen and oxygen atoms in total. The lowest BCUT2D eigenvalue weighted by Crippen LogP contribution is -2.31. The molecular weight excluding hydrogens is 270 g/mol. The van der Waals surface area contributed by atoms with Crippen LogP contribution in [-0.4, -0.2) is 38.6 Å². The maximum atomic E-state index is 11.9. The molecule has 0 radical (unpaired) electrons. The number of hydrogen-bond donors (Lipinski definition) is 0. The smallest absolute Gasteiger partial charge is 0.223 e. The minimum absolute atomic E-state index is 0.0312. The molecular formula is C16H21NO4. The number of amides is 1. The van der Waals surface area contributed by atoms with Crippen LogP contribution in [0.5, 0.6) is 5.75 Å². The van der Waals surface area contributed by atoms with E-state index in [1.165, 1.54) is 6.92 Å². The van der Waals surface area contributed by atoms with Gasteiger partial charge in [0.1, 0.15) is 5.75 Å². The third kappa shape index (κ3) is 3.42. The highest BCUT2D eigenvalue weighted by molar-refractivity contribution is 6.01. The summed E-state index contributed by atoms with van der Waals surface area (Å²) in [5.41, 5.74) is 2.31. The van der Waals surface area contributed by atoms with Crippen molar-refractivity contribution in [2.45, 2.75) is 26.7 Å². The van der Waals surface area contributed by atoms with Crippen LogP contribution in [0.1, 0.15) is 35.7 Å². The molecule has 2 rings (SSSR count). The van der Waals surface area contributed by atoms with E-state index in [1.807, 2.05) is 13.0 Å². The quantitative estimate of drug-likeness (QED) is 0.781. The van der Waals surface area contributed by atoms with Crippen LogP contribution >= 0.6 is 0 Å². The van der Waals surface area contributed by atoms with Crippen LogP contribution in [0.2, 0.25) is 0 Å². The number of ketones is 1. The number of ether oxygens (including phenoxy) is 2. The van der Waals surface area contributed by atoms with Crippen LogP contribution in [0.15, 0.2) is 12.1 Å². The number of anilines is 1. The summed E-state index contributed by atoms with van der Waals surface area (Å²) in [6.07, 6.45) is 1.17. The summed E-state index contributed by atoms with van der Waals surface area (Å²) >= 11 is 0. The zero-order valence-electron chi connectivity index (χ0n) is 12.8. The first kappa shape index (κ1) is 15.5. The molecule has 0 aliphatic carbocycles. The molecule has 0 saturated carbocycles. The maximum absolute atomic E-state index is 11.9. The van der Waals surface area contributed by atoms with Gasteiger partial charge in [-0.2, -0.15) is 0 Å². The van der Waals surface area contributed by atoms with Crippen molar-refractivity contribution in [3.63, 3.8) is 0 Å². The monoisotopic (exact) mass is 291 g/mol. The molecule has 1 amide bonds. The molecule has 0 fully saturated rings. The first-order valence-corrected chi connectivity index (χ1v) is 7.12. The van der Waals surface area contributed by atoms with Gasteiger partial charge in [0.05, 0.1) is 17.9 Å². The molecule has 5 heteroatoms. The Morgan fingerprint density at radius 2 is 2.19 bits per heavy atom. The second-order valence-electron chi connectivity index (χ2n) is 5.17. The number of aryl methyl sites for hydroxylation is 1. The summed E-state index contributed by atoms with van der Waals surface area (Å²) < 4.78 is 10.6. The number of methoxy groups -OCH3 is 1. The Kier molecular flexibility index (Phi) is 4.96. The number of rotatable bonds is 5. The standard InChI is InChI=1S/C16H21NO4/c1-11-9-13-15(19)5-8-21-16(13)10-14(11)17(12(2)18)6-4-7-20-3/h9-10H,4-8H2,1-3H3. The second-order valence-corrected chi connectivity index (χ2v) is 5.17. The lowest BCUT2D eigenvalue weighted by atomic mass is 10.0. The average Bonchev–Trinajstić information content (AvgIpc) is 2.44. The Morgan fingerprint density at radius 1 is 1.43 bits per heavy atom. The molecule has 0 aromatic heterocycles. The van der Waals surface area contributed by atoms with Crippen LogP contribution in [0.3, 0.4) is 0 Å². The number of carbonyl (C=O) groups is 2. The molecule has 1 aromatic rings. The van der Waals surface area contributed by atoms with Crippen LogP contribution in [0.4, 0.5) is 5.69 Å². The summed E-state index contributed by atoms with van der Waals surface area (Å²) in [5, 5.41) is 0. The van der Waals surface area contributed by atoms with E-state index in [9.17, 15) is 9.59 Å². The van der Waals surface area contributed by atoms with Crippen molar-refractivity contribution in [2.75, 3.05) is 31.8 Å². The first-order chi connectivity index (χ1) is 10.0. The van der Waals surface area contributed by atoms with Gasteiger partial charge in [0.2, 0.25) is 5.91 Å². The van der Waals surface area contributed by atoms with Crippen molar-refractivity contribution in [1.82, 2.24) is 0 Å².